The third kappa shape index (κ3) is 5.49. The van der Waals surface area contributed by atoms with Gasteiger partial charge in [0.1, 0.15) is 5.82 Å². The average molecular weight is 375 g/mol. The van der Waals surface area contributed by atoms with Crippen LogP contribution in [0.4, 0.5) is 0 Å². The maximum atomic E-state index is 12.0. The van der Waals surface area contributed by atoms with E-state index in [0.29, 0.717) is 18.1 Å². The topological polar surface area (TPSA) is 78.1 Å². The van der Waals surface area contributed by atoms with Crippen LogP contribution in [0.2, 0.25) is 0 Å². The number of amides is 2. The molecule has 2 N–H and O–H groups in total. The van der Waals surface area contributed by atoms with Gasteiger partial charge in [-0.2, -0.15) is 0 Å². The zero-order chi connectivity index (χ0) is 18.2. The monoisotopic (exact) mass is 374 g/mol. The van der Waals surface area contributed by atoms with E-state index in [1.54, 1.807) is 0 Å². The van der Waals surface area contributed by atoms with E-state index in [2.05, 4.69) is 15.3 Å². The molecule has 140 valence electrons. The Bertz CT molecular complexity index is 707. The number of imidazole rings is 1. The molecule has 1 fully saturated rings. The number of carbonyl (C=O) groups excluding carboxylic acids is 2. The van der Waals surface area contributed by atoms with Crippen LogP contribution in [0.1, 0.15) is 31.5 Å². The number of aryl methyl sites for hydroxylation is 1. The molecule has 3 rings (SSSR count). The molecule has 2 aromatic rings. The number of thioether (sulfide) groups is 1. The Balaban J connectivity index is 1.27. The Hall–Kier alpha value is -2.02. The van der Waals surface area contributed by atoms with E-state index in [1.807, 2.05) is 29.2 Å². The summed E-state index contributed by atoms with van der Waals surface area (Å²) in [7, 11) is 0. The summed E-state index contributed by atoms with van der Waals surface area (Å²) in [5.41, 5.74) is 2.02. The first kappa shape index (κ1) is 18.8. The number of para-hydroxylation sites is 2. The molecular formula is C19H26N4O2S. The third-order valence-electron chi connectivity index (χ3n) is 4.52. The molecule has 0 spiro atoms. The highest BCUT2D eigenvalue weighted by Crippen LogP contribution is 2.12. The quantitative estimate of drug-likeness (QED) is 0.696. The summed E-state index contributed by atoms with van der Waals surface area (Å²) in [6.07, 6.45) is 5.05. The van der Waals surface area contributed by atoms with Crippen molar-refractivity contribution < 1.29 is 9.59 Å². The van der Waals surface area contributed by atoms with Crippen LogP contribution in [0.3, 0.4) is 0 Å². The highest BCUT2D eigenvalue weighted by atomic mass is 32.2. The van der Waals surface area contributed by atoms with Gasteiger partial charge in [-0.15, -0.1) is 11.8 Å². The number of H-pyrrole nitrogens is 1. The van der Waals surface area contributed by atoms with Gasteiger partial charge in [0.2, 0.25) is 11.8 Å². The number of hydrogen-bond donors (Lipinski definition) is 2. The van der Waals surface area contributed by atoms with Gasteiger partial charge in [-0.3, -0.25) is 9.59 Å². The van der Waals surface area contributed by atoms with Crippen molar-refractivity contribution in [3.05, 3.63) is 30.1 Å². The van der Waals surface area contributed by atoms with E-state index < -0.39 is 0 Å². The molecular weight excluding hydrogens is 348 g/mol. The highest BCUT2D eigenvalue weighted by Gasteiger charge is 2.16. The van der Waals surface area contributed by atoms with Crippen molar-refractivity contribution in [1.82, 2.24) is 20.2 Å². The lowest BCUT2D eigenvalue weighted by Gasteiger charge is -2.26. The van der Waals surface area contributed by atoms with Crippen molar-refractivity contribution >= 4 is 34.6 Å². The second-order valence-corrected chi connectivity index (χ2v) is 7.57. The summed E-state index contributed by atoms with van der Waals surface area (Å²) >= 11 is 1.40. The normalized spacial score (nSPS) is 14.5. The Morgan fingerprint density at radius 1 is 1.15 bits per heavy atom. The van der Waals surface area contributed by atoms with Gasteiger partial charge < -0.3 is 15.2 Å². The Morgan fingerprint density at radius 3 is 2.77 bits per heavy atom. The number of nitrogens with one attached hydrogen (secondary N) is 2. The standard InChI is InChI=1S/C19H26N4O2S/c24-18(13-26-14-19(25)23-11-4-1-5-12-23)20-10-6-9-17-21-15-7-2-3-8-16(15)22-17/h2-3,7-8H,1,4-6,9-14H2,(H,20,24)(H,21,22). The predicted octanol–water partition coefficient (Wildman–Crippen LogP) is 2.36. The van der Waals surface area contributed by atoms with Crippen molar-refractivity contribution in [2.45, 2.75) is 32.1 Å². The van der Waals surface area contributed by atoms with Crippen LogP contribution in [0.15, 0.2) is 24.3 Å². The number of likely N-dealkylation sites (tertiary alicyclic amines) is 1. The van der Waals surface area contributed by atoms with E-state index in [4.69, 9.17) is 0 Å². The van der Waals surface area contributed by atoms with Crippen molar-refractivity contribution in [3.8, 4) is 0 Å². The number of fused-ring (bicyclic) bond motifs is 1. The van der Waals surface area contributed by atoms with Crippen molar-refractivity contribution in [2.75, 3.05) is 31.1 Å². The maximum Gasteiger partial charge on any atom is 0.232 e. The molecule has 0 saturated carbocycles. The van der Waals surface area contributed by atoms with Crippen molar-refractivity contribution in [3.63, 3.8) is 0 Å². The first-order chi connectivity index (χ1) is 12.7. The lowest BCUT2D eigenvalue weighted by Crippen LogP contribution is -2.37. The first-order valence-electron chi connectivity index (χ1n) is 9.28. The van der Waals surface area contributed by atoms with Crippen LogP contribution in [-0.2, 0) is 16.0 Å². The van der Waals surface area contributed by atoms with Crippen molar-refractivity contribution in [1.29, 1.82) is 0 Å². The molecule has 0 aliphatic carbocycles. The smallest absolute Gasteiger partial charge is 0.232 e. The molecule has 26 heavy (non-hydrogen) atoms. The molecule has 0 bridgehead atoms. The van der Waals surface area contributed by atoms with Crippen molar-refractivity contribution in [2.24, 2.45) is 0 Å². The largest absolute Gasteiger partial charge is 0.355 e. The van der Waals surface area contributed by atoms with Crippen LogP contribution in [0, 0.1) is 0 Å². The Morgan fingerprint density at radius 2 is 1.96 bits per heavy atom. The van der Waals surface area contributed by atoms with E-state index in [-0.39, 0.29) is 11.8 Å². The Labute approximate surface area is 158 Å². The number of aromatic amines is 1. The molecule has 2 amide bonds. The number of piperidine rings is 1. The number of hydrogen-bond acceptors (Lipinski definition) is 4. The minimum absolute atomic E-state index is 0.00829. The summed E-state index contributed by atoms with van der Waals surface area (Å²) in [4.78, 5) is 33.6. The average Bonchev–Trinajstić information content (AvgIpc) is 3.09. The third-order valence-corrected chi connectivity index (χ3v) is 5.44. The van der Waals surface area contributed by atoms with E-state index in [1.165, 1.54) is 18.2 Å². The molecule has 1 aliphatic heterocycles. The molecule has 2 heterocycles. The van der Waals surface area contributed by atoms with Gasteiger partial charge >= 0.3 is 0 Å². The van der Waals surface area contributed by atoms with E-state index in [9.17, 15) is 9.59 Å². The van der Waals surface area contributed by atoms with Crippen LogP contribution in [-0.4, -0.2) is 57.8 Å². The lowest BCUT2D eigenvalue weighted by atomic mass is 10.1. The predicted molar refractivity (Wildman–Crippen MR) is 105 cm³/mol. The fraction of sp³-hybridized carbons (Fsp3) is 0.526. The second kappa shape index (κ2) is 9.62. The second-order valence-electron chi connectivity index (χ2n) is 6.59. The van der Waals surface area contributed by atoms with Gasteiger partial charge in [0.15, 0.2) is 0 Å². The van der Waals surface area contributed by atoms with Crippen LogP contribution < -0.4 is 5.32 Å². The summed E-state index contributed by atoms with van der Waals surface area (Å²) in [5.74, 6) is 1.83. The molecule has 0 unspecified atom stereocenters. The van der Waals surface area contributed by atoms with Gasteiger partial charge in [0.25, 0.3) is 0 Å². The number of benzene rings is 1. The molecule has 1 aliphatic rings. The maximum absolute atomic E-state index is 12.0. The molecule has 0 radical (unpaired) electrons. The molecule has 0 atom stereocenters. The molecule has 1 saturated heterocycles. The molecule has 6 nitrogen and oxygen atoms in total. The fourth-order valence-electron chi connectivity index (χ4n) is 3.12. The minimum Gasteiger partial charge on any atom is -0.355 e. The number of rotatable bonds is 8. The van der Waals surface area contributed by atoms with E-state index >= 15 is 0 Å². The van der Waals surface area contributed by atoms with Gasteiger partial charge in [-0.25, -0.2) is 4.98 Å². The van der Waals surface area contributed by atoms with Gasteiger partial charge in [-0.1, -0.05) is 12.1 Å². The fourth-order valence-corrected chi connectivity index (χ4v) is 3.87. The van der Waals surface area contributed by atoms with E-state index in [0.717, 1.165) is 55.6 Å². The molecule has 1 aromatic carbocycles. The molecule has 1 aromatic heterocycles. The number of nitrogens with zero attached hydrogens (tertiary/aromatic N) is 2. The molecule has 7 heteroatoms. The van der Waals surface area contributed by atoms with Crippen LogP contribution in [0.25, 0.3) is 11.0 Å². The van der Waals surface area contributed by atoms with Crippen LogP contribution >= 0.6 is 11.8 Å². The highest BCUT2D eigenvalue weighted by molar-refractivity contribution is 8.00. The zero-order valence-electron chi connectivity index (χ0n) is 15.0. The minimum atomic E-state index is -0.00829. The van der Waals surface area contributed by atoms with Gasteiger partial charge in [0.05, 0.1) is 22.5 Å². The number of aromatic nitrogens is 2. The first-order valence-corrected chi connectivity index (χ1v) is 10.4. The summed E-state index contributed by atoms with van der Waals surface area (Å²) in [5, 5.41) is 2.91. The Kier molecular flexibility index (Phi) is 6.94. The van der Waals surface area contributed by atoms with Crippen LogP contribution in [0.5, 0.6) is 0 Å². The summed E-state index contributed by atoms with van der Waals surface area (Å²) < 4.78 is 0. The summed E-state index contributed by atoms with van der Waals surface area (Å²) in [6, 6.07) is 7.95. The number of carbonyl (C=O) groups is 2. The lowest BCUT2D eigenvalue weighted by molar-refractivity contribution is -0.129. The van der Waals surface area contributed by atoms with Gasteiger partial charge in [-0.05, 0) is 37.8 Å². The zero-order valence-corrected chi connectivity index (χ0v) is 15.8. The SMILES string of the molecule is O=C(CSCC(=O)N1CCCCC1)NCCCc1nc2ccccc2[nH]1. The summed E-state index contributed by atoms with van der Waals surface area (Å²) in [6.45, 7) is 2.36. The van der Waals surface area contributed by atoms with Gasteiger partial charge in [0, 0.05) is 26.1 Å².